The first-order chi connectivity index (χ1) is 8.27. The van der Waals surface area contributed by atoms with Gasteiger partial charge in [-0.3, -0.25) is 4.79 Å². The van der Waals surface area contributed by atoms with Crippen LogP contribution in [0.4, 0.5) is 0 Å². The summed E-state index contributed by atoms with van der Waals surface area (Å²) < 4.78 is 0. The fraction of sp³-hybridized carbons (Fsp3) is 0.462. The molecule has 1 atom stereocenters. The minimum absolute atomic E-state index is 0. The number of likely N-dealkylation sites (tertiary alicyclic amines) is 1. The molecule has 1 heterocycles. The Morgan fingerprint density at radius 3 is 2.89 bits per heavy atom. The maximum Gasteiger partial charge on any atom is 0.236 e. The van der Waals surface area contributed by atoms with Crippen molar-refractivity contribution in [3.63, 3.8) is 0 Å². The summed E-state index contributed by atoms with van der Waals surface area (Å²) in [5.74, 6) is 0.0587. The van der Waals surface area contributed by atoms with E-state index in [0.29, 0.717) is 0 Å². The topological polar surface area (TPSA) is 46.3 Å². The summed E-state index contributed by atoms with van der Waals surface area (Å²) in [6, 6.07) is 8.54. The van der Waals surface area contributed by atoms with Gasteiger partial charge in [0.1, 0.15) is 0 Å². The van der Waals surface area contributed by atoms with Crippen LogP contribution in [0.25, 0.3) is 0 Å². The lowest BCUT2D eigenvalue weighted by Crippen LogP contribution is -2.35. The summed E-state index contributed by atoms with van der Waals surface area (Å²) in [6.07, 6.45) is 4.19. The molecule has 0 spiro atoms. The molecule has 1 aromatic carbocycles. The molecule has 2 N–H and O–H groups in total. The van der Waals surface area contributed by atoms with Crippen molar-refractivity contribution in [2.45, 2.75) is 23.8 Å². The first-order valence-electron chi connectivity index (χ1n) is 5.90. The minimum Gasteiger partial charge on any atom is -0.335 e. The second-order valence-corrected chi connectivity index (χ2v) is 5.04. The maximum atomic E-state index is 11.8. The zero-order valence-electron chi connectivity index (χ0n) is 10.5. The fourth-order valence-electron chi connectivity index (χ4n) is 2.45. The van der Waals surface area contributed by atoms with Crippen LogP contribution in [0.1, 0.15) is 24.4 Å². The van der Waals surface area contributed by atoms with Crippen molar-refractivity contribution in [1.29, 1.82) is 0 Å². The van der Waals surface area contributed by atoms with Gasteiger partial charge in [-0.1, -0.05) is 18.2 Å². The highest BCUT2D eigenvalue weighted by Crippen LogP contribution is 2.36. The SMILES string of the molecule is CSc1ccccc1C1CCCN1C(=O)CN.Cl. The van der Waals surface area contributed by atoms with Crippen LogP contribution in [-0.4, -0.2) is 30.2 Å². The Morgan fingerprint density at radius 2 is 2.22 bits per heavy atom. The summed E-state index contributed by atoms with van der Waals surface area (Å²) in [4.78, 5) is 15.0. The highest BCUT2D eigenvalue weighted by Gasteiger charge is 2.30. The first-order valence-corrected chi connectivity index (χ1v) is 7.13. The fourth-order valence-corrected chi connectivity index (χ4v) is 3.10. The van der Waals surface area contributed by atoms with Gasteiger partial charge in [0.05, 0.1) is 12.6 Å². The van der Waals surface area contributed by atoms with Crippen molar-refractivity contribution in [3.05, 3.63) is 29.8 Å². The lowest BCUT2D eigenvalue weighted by atomic mass is 10.0. The van der Waals surface area contributed by atoms with Gasteiger partial charge in [0.25, 0.3) is 0 Å². The van der Waals surface area contributed by atoms with E-state index in [1.165, 1.54) is 10.5 Å². The molecule has 100 valence electrons. The maximum absolute atomic E-state index is 11.8. The van der Waals surface area contributed by atoms with E-state index in [1.807, 2.05) is 17.0 Å². The van der Waals surface area contributed by atoms with Crippen molar-refractivity contribution in [3.8, 4) is 0 Å². The van der Waals surface area contributed by atoms with E-state index >= 15 is 0 Å². The van der Waals surface area contributed by atoms with Gasteiger partial charge < -0.3 is 10.6 Å². The first kappa shape index (κ1) is 15.3. The van der Waals surface area contributed by atoms with E-state index in [9.17, 15) is 4.79 Å². The standard InChI is InChI=1S/C13H18N2OS.ClH/c1-17-12-7-3-2-5-10(12)11-6-4-8-15(11)13(16)9-14;/h2-3,5,7,11H,4,6,8-9,14H2,1H3;1H. The number of halogens is 1. The van der Waals surface area contributed by atoms with Crippen LogP contribution in [-0.2, 0) is 4.79 Å². The van der Waals surface area contributed by atoms with Gasteiger partial charge in [-0.2, -0.15) is 0 Å². The lowest BCUT2D eigenvalue weighted by Gasteiger charge is -2.26. The van der Waals surface area contributed by atoms with Crippen LogP contribution < -0.4 is 5.73 Å². The van der Waals surface area contributed by atoms with Crippen LogP contribution in [0.5, 0.6) is 0 Å². The Kier molecular flexibility index (Phi) is 5.99. The Labute approximate surface area is 119 Å². The third-order valence-corrected chi connectivity index (χ3v) is 4.06. The summed E-state index contributed by atoms with van der Waals surface area (Å²) >= 11 is 1.73. The third kappa shape index (κ3) is 2.99. The van der Waals surface area contributed by atoms with Crippen molar-refractivity contribution in [2.24, 2.45) is 5.73 Å². The molecule has 0 aromatic heterocycles. The van der Waals surface area contributed by atoms with Crippen LogP contribution in [0.2, 0.25) is 0 Å². The Balaban J connectivity index is 0.00000162. The van der Waals surface area contributed by atoms with Crippen molar-refractivity contribution >= 4 is 30.1 Å². The number of hydrogen-bond acceptors (Lipinski definition) is 3. The number of carbonyl (C=O) groups is 1. The van der Waals surface area contributed by atoms with Gasteiger partial charge in [-0.25, -0.2) is 0 Å². The summed E-state index contributed by atoms with van der Waals surface area (Å²) in [5.41, 5.74) is 6.73. The molecule has 0 aliphatic carbocycles. The summed E-state index contributed by atoms with van der Waals surface area (Å²) in [6.45, 7) is 0.946. The van der Waals surface area contributed by atoms with E-state index in [0.717, 1.165) is 19.4 Å². The Hall–Kier alpha value is -0.710. The molecular weight excluding hydrogens is 268 g/mol. The molecule has 1 amide bonds. The van der Waals surface area contributed by atoms with Gasteiger partial charge in [-0.15, -0.1) is 24.2 Å². The highest BCUT2D eigenvalue weighted by molar-refractivity contribution is 7.98. The number of rotatable bonds is 3. The van der Waals surface area contributed by atoms with E-state index < -0.39 is 0 Å². The van der Waals surface area contributed by atoms with E-state index in [2.05, 4.69) is 18.4 Å². The predicted octanol–water partition coefficient (Wildman–Crippen LogP) is 2.45. The largest absolute Gasteiger partial charge is 0.335 e. The molecule has 1 fully saturated rings. The second-order valence-electron chi connectivity index (χ2n) is 4.19. The van der Waals surface area contributed by atoms with Crippen molar-refractivity contribution in [1.82, 2.24) is 4.90 Å². The Bertz CT molecular complexity index is 414. The number of thioether (sulfide) groups is 1. The van der Waals surface area contributed by atoms with Crippen LogP contribution >= 0.6 is 24.2 Å². The highest BCUT2D eigenvalue weighted by atomic mass is 35.5. The molecule has 1 unspecified atom stereocenters. The molecule has 0 bridgehead atoms. The molecule has 1 aromatic rings. The molecule has 0 radical (unpaired) electrons. The third-order valence-electron chi connectivity index (χ3n) is 3.25. The smallest absolute Gasteiger partial charge is 0.236 e. The Morgan fingerprint density at radius 1 is 1.50 bits per heavy atom. The molecule has 0 saturated carbocycles. The zero-order chi connectivity index (χ0) is 12.3. The minimum atomic E-state index is 0. The number of carbonyl (C=O) groups excluding carboxylic acids is 1. The summed E-state index contributed by atoms with van der Waals surface area (Å²) in [5, 5.41) is 0. The molecular formula is C13H19ClN2OS. The normalized spacial score (nSPS) is 18.6. The number of hydrogen-bond donors (Lipinski definition) is 1. The molecule has 3 nitrogen and oxygen atoms in total. The van der Waals surface area contributed by atoms with Gasteiger partial charge in [-0.05, 0) is 30.7 Å². The molecule has 5 heteroatoms. The van der Waals surface area contributed by atoms with E-state index in [4.69, 9.17) is 5.73 Å². The quantitative estimate of drug-likeness (QED) is 0.868. The van der Waals surface area contributed by atoms with Gasteiger partial charge in [0.2, 0.25) is 5.91 Å². The van der Waals surface area contributed by atoms with Crippen LogP contribution in [0, 0.1) is 0 Å². The number of benzene rings is 1. The predicted molar refractivity (Wildman–Crippen MR) is 78.2 cm³/mol. The van der Waals surface area contributed by atoms with Gasteiger partial charge in [0.15, 0.2) is 0 Å². The van der Waals surface area contributed by atoms with Crippen LogP contribution in [0.15, 0.2) is 29.2 Å². The number of nitrogens with zero attached hydrogens (tertiary/aromatic N) is 1. The van der Waals surface area contributed by atoms with Crippen LogP contribution in [0.3, 0.4) is 0 Å². The average molecular weight is 287 g/mol. The molecule has 1 aliphatic heterocycles. The number of amides is 1. The van der Waals surface area contributed by atoms with Gasteiger partial charge >= 0.3 is 0 Å². The zero-order valence-corrected chi connectivity index (χ0v) is 12.1. The second kappa shape index (κ2) is 7.02. The molecule has 2 rings (SSSR count). The monoisotopic (exact) mass is 286 g/mol. The van der Waals surface area contributed by atoms with Gasteiger partial charge in [0, 0.05) is 11.4 Å². The molecule has 18 heavy (non-hydrogen) atoms. The van der Waals surface area contributed by atoms with Crippen molar-refractivity contribution in [2.75, 3.05) is 19.3 Å². The lowest BCUT2D eigenvalue weighted by molar-refractivity contribution is -0.130. The van der Waals surface area contributed by atoms with E-state index in [1.54, 1.807) is 11.8 Å². The summed E-state index contributed by atoms with van der Waals surface area (Å²) in [7, 11) is 0. The number of nitrogens with two attached hydrogens (primary N) is 1. The molecule has 1 saturated heterocycles. The average Bonchev–Trinajstić information content (AvgIpc) is 2.86. The van der Waals surface area contributed by atoms with E-state index in [-0.39, 0.29) is 30.9 Å². The molecule has 1 aliphatic rings. The van der Waals surface area contributed by atoms with Crippen molar-refractivity contribution < 1.29 is 4.79 Å².